The highest BCUT2D eigenvalue weighted by Crippen LogP contribution is 2.34. The van der Waals surface area contributed by atoms with Gasteiger partial charge in [-0.2, -0.15) is 0 Å². The minimum absolute atomic E-state index is 0.0358. The molecule has 1 aromatic carbocycles. The fourth-order valence-corrected chi connectivity index (χ4v) is 2.66. The second-order valence-electron chi connectivity index (χ2n) is 4.94. The average molecular weight is 246 g/mol. The molecule has 18 heavy (non-hydrogen) atoms. The van der Waals surface area contributed by atoms with Crippen molar-refractivity contribution in [3.8, 4) is 5.75 Å². The molecule has 1 aliphatic carbocycles. The van der Waals surface area contributed by atoms with Crippen molar-refractivity contribution in [3.63, 3.8) is 0 Å². The molecule has 2 fully saturated rings. The predicted molar refractivity (Wildman–Crippen MR) is 68.2 cm³/mol. The number of carbonyl (C=O) groups excluding carboxylic acids is 1. The Hall–Kier alpha value is -1.55. The van der Waals surface area contributed by atoms with Crippen molar-refractivity contribution in [2.75, 3.05) is 13.7 Å². The molecule has 1 aromatic rings. The van der Waals surface area contributed by atoms with Crippen LogP contribution >= 0.6 is 0 Å². The van der Waals surface area contributed by atoms with Crippen molar-refractivity contribution in [1.29, 1.82) is 0 Å². The van der Waals surface area contributed by atoms with Crippen LogP contribution in [-0.4, -0.2) is 30.5 Å². The molecule has 0 radical (unpaired) electrons. The highest BCUT2D eigenvalue weighted by molar-refractivity contribution is 5.81. The molecule has 4 heteroatoms. The van der Waals surface area contributed by atoms with Crippen LogP contribution in [-0.2, 0) is 4.79 Å². The van der Waals surface area contributed by atoms with Gasteiger partial charge >= 0.3 is 0 Å². The summed E-state index contributed by atoms with van der Waals surface area (Å²) in [5.74, 6) is 1.07. The number of rotatable bonds is 3. The second-order valence-corrected chi connectivity index (χ2v) is 4.94. The lowest BCUT2D eigenvalue weighted by Gasteiger charge is -2.38. The van der Waals surface area contributed by atoms with Crippen LogP contribution in [0.3, 0.4) is 0 Å². The normalized spacial score (nSPS) is 24.2. The van der Waals surface area contributed by atoms with Crippen LogP contribution in [0.15, 0.2) is 24.3 Å². The van der Waals surface area contributed by atoms with Crippen LogP contribution in [0.1, 0.15) is 31.0 Å². The number of nitrogens with one attached hydrogen (secondary N) is 1. The quantitative estimate of drug-likeness (QED) is 0.882. The van der Waals surface area contributed by atoms with Crippen LogP contribution in [0.5, 0.6) is 5.75 Å². The van der Waals surface area contributed by atoms with Crippen LogP contribution in [0, 0.1) is 0 Å². The third-order valence-electron chi connectivity index (χ3n) is 3.91. The number of amides is 1. The molecule has 1 N–H and O–H groups in total. The Balaban J connectivity index is 1.82. The first kappa shape index (κ1) is 11.5. The van der Waals surface area contributed by atoms with Crippen LogP contribution in [0.4, 0.5) is 0 Å². The highest BCUT2D eigenvalue weighted by Gasteiger charge is 2.38. The summed E-state index contributed by atoms with van der Waals surface area (Å²) in [6.07, 6.45) is 3.55. The second kappa shape index (κ2) is 4.61. The summed E-state index contributed by atoms with van der Waals surface area (Å²) in [5.41, 5.74) is 1.13. The summed E-state index contributed by atoms with van der Waals surface area (Å²) < 4.78 is 5.16. The van der Waals surface area contributed by atoms with E-state index in [1.807, 2.05) is 29.2 Å². The topological polar surface area (TPSA) is 41.6 Å². The van der Waals surface area contributed by atoms with Gasteiger partial charge in [0.05, 0.1) is 13.7 Å². The average Bonchev–Trinajstić information content (AvgIpc) is 2.70. The molecule has 0 bridgehead atoms. The first-order chi connectivity index (χ1) is 8.79. The zero-order valence-corrected chi connectivity index (χ0v) is 10.6. The van der Waals surface area contributed by atoms with Gasteiger partial charge in [-0.3, -0.25) is 10.1 Å². The minimum atomic E-state index is 0.0358. The number of carbonyl (C=O) groups is 1. The SMILES string of the molecule is COc1ccc(C2NCC(=O)N2C2CCC2)cc1. The van der Waals surface area contributed by atoms with Gasteiger partial charge in [0.1, 0.15) is 11.9 Å². The first-order valence-corrected chi connectivity index (χ1v) is 6.48. The van der Waals surface area contributed by atoms with Crippen LogP contribution in [0.2, 0.25) is 0 Å². The Morgan fingerprint density at radius 1 is 1.28 bits per heavy atom. The Bertz CT molecular complexity index is 440. The van der Waals surface area contributed by atoms with Crippen LogP contribution in [0.25, 0.3) is 0 Å². The number of benzene rings is 1. The van der Waals surface area contributed by atoms with Gasteiger partial charge in [0, 0.05) is 6.04 Å². The number of ether oxygens (including phenoxy) is 1. The highest BCUT2D eigenvalue weighted by atomic mass is 16.5. The standard InChI is InChI=1S/C14H18N2O2/c1-18-12-7-5-10(6-8-12)14-15-9-13(17)16(14)11-3-2-4-11/h5-8,11,14-15H,2-4,9H2,1H3. The summed E-state index contributed by atoms with van der Waals surface area (Å²) in [6, 6.07) is 8.37. The van der Waals surface area contributed by atoms with Crippen LogP contribution < -0.4 is 10.1 Å². The third-order valence-corrected chi connectivity index (χ3v) is 3.91. The van der Waals surface area contributed by atoms with Crippen molar-refractivity contribution >= 4 is 5.91 Å². The molecule has 0 spiro atoms. The van der Waals surface area contributed by atoms with E-state index in [1.54, 1.807) is 7.11 Å². The zero-order valence-electron chi connectivity index (χ0n) is 10.6. The monoisotopic (exact) mass is 246 g/mol. The largest absolute Gasteiger partial charge is 0.497 e. The molecule has 1 saturated carbocycles. The van der Waals surface area contributed by atoms with Crippen molar-refractivity contribution in [2.24, 2.45) is 0 Å². The summed E-state index contributed by atoms with van der Waals surface area (Å²) in [5, 5.41) is 3.29. The number of hydrogen-bond donors (Lipinski definition) is 1. The van der Waals surface area contributed by atoms with E-state index in [4.69, 9.17) is 4.74 Å². The van der Waals surface area contributed by atoms with Gasteiger partial charge < -0.3 is 9.64 Å². The minimum Gasteiger partial charge on any atom is -0.497 e. The smallest absolute Gasteiger partial charge is 0.238 e. The lowest BCUT2D eigenvalue weighted by atomic mass is 9.91. The van der Waals surface area contributed by atoms with E-state index in [-0.39, 0.29) is 12.1 Å². The van der Waals surface area contributed by atoms with E-state index >= 15 is 0 Å². The molecule has 1 amide bonds. The molecule has 1 unspecified atom stereocenters. The van der Waals surface area contributed by atoms with Gasteiger partial charge in [0.2, 0.25) is 5.91 Å². The molecule has 3 rings (SSSR count). The molecule has 96 valence electrons. The maximum Gasteiger partial charge on any atom is 0.238 e. The van der Waals surface area contributed by atoms with E-state index in [9.17, 15) is 4.79 Å². The summed E-state index contributed by atoms with van der Waals surface area (Å²) in [6.45, 7) is 0.452. The van der Waals surface area contributed by atoms with E-state index in [0.717, 1.165) is 24.2 Å². The molecule has 1 saturated heterocycles. The lowest BCUT2D eigenvalue weighted by Crippen LogP contribution is -2.43. The Labute approximate surface area is 107 Å². The molecular weight excluding hydrogens is 228 g/mol. The fraction of sp³-hybridized carbons (Fsp3) is 0.500. The molecule has 1 aliphatic heterocycles. The maximum atomic E-state index is 12.0. The molecule has 1 heterocycles. The molecule has 0 aromatic heterocycles. The Kier molecular flexibility index (Phi) is 2.96. The Morgan fingerprint density at radius 2 is 2.00 bits per heavy atom. The third kappa shape index (κ3) is 1.86. The van der Waals surface area contributed by atoms with Crippen molar-refractivity contribution in [2.45, 2.75) is 31.5 Å². The van der Waals surface area contributed by atoms with Gasteiger partial charge in [-0.1, -0.05) is 12.1 Å². The summed E-state index contributed by atoms with van der Waals surface area (Å²) >= 11 is 0. The fourth-order valence-electron chi connectivity index (χ4n) is 2.66. The molecular formula is C14H18N2O2. The maximum absolute atomic E-state index is 12.0. The number of nitrogens with zero attached hydrogens (tertiary/aromatic N) is 1. The summed E-state index contributed by atoms with van der Waals surface area (Å²) in [4.78, 5) is 14.0. The van der Waals surface area contributed by atoms with E-state index in [2.05, 4.69) is 5.32 Å². The molecule has 1 atom stereocenters. The van der Waals surface area contributed by atoms with Crippen molar-refractivity contribution < 1.29 is 9.53 Å². The van der Waals surface area contributed by atoms with E-state index < -0.39 is 0 Å². The van der Waals surface area contributed by atoms with Gasteiger partial charge in [0.15, 0.2) is 0 Å². The van der Waals surface area contributed by atoms with Gasteiger partial charge in [-0.05, 0) is 37.0 Å². The molecule has 4 nitrogen and oxygen atoms in total. The number of hydrogen-bond acceptors (Lipinski definition) is 3. The Morgan fingerprint density at radius 3 is 2.56 bits per heavy atom. The van der Waals surface area contributed by atoms with E-state index in [0.29, 0.717) is 12.6 Å². The molecule has 2 aliphatic rings. The lowest BCUT2D eigenvalue weighted by molar-refractivity contribution is -0.132. The van der Waals surface area contributed by atoms with Crippen molar-refractivity contribution in [3.05, 3.63) is 29.8 Å². The van der Waals surface area contributed by atoms with Crippen molar-refractivity contribution in [1.82, 2.24) is 10.2 Å². The van der Waals surface area contributed by atoms with Gasteiger partial charge in [-0.25, -0.2) is 0 Å². The first-order valence-electron chi connectivity index (χ1n) is 6.48. The van der Waals surface area contributed by atoms with Gasteiger partial charge in [-0.15, -0.1) is 0 Å². The summed E-state index contributed by atoms with van der Waals surface area (Å²) in [7, 11) is 1.66. The number of methoxy groups -OCH3 is 1. The predicted octanol–water partition coefficient (Wildman–Crippen LogP) is 1.68. The van der Waals surface area contributed by atoms with E-state index in [1.165, 1.54) is 6.42 Å². The zero-order chi connectivity index (χ0) is 12.5. The van der Waals surface area contributed by atoms with Gasteiger partial charge in [0.25, 0.3) is 0 Å².